The molecule has 114 valence electrons. The molecule has 1 aromatic heterocycles. The molecule has 1 amide bonds. The van der Waals surface area contributed by atoms with Crippen LogP contribution in [0.2, 0.25) is 0 Å². The second-order valence-electron chi connectivity index (χ2n) is 4.62. The summed E-state index contributed by atoms with van der Waals surface area (Å²) in [7, 11) is 0. The molecule has 1 aromatic rings. The Balaban J connectivity index is 2.73. The average Bonchev–Trinajstić information content (AvgIpc) is 2.80. The van der Waals surface area contributed by atoms with Crippen LogP contribution in [0.5, 0.6) is 0 Å². The predicted octanol–water partition coefficient (Wildman–Crippen LogP) is 1.46. The van der Waals surface area contributed by atoms with Gasteiger partial charge in [0.1, 0.15) is 10.7 Å². The molecular formula is C13H24N4O2S. The molecule has 6 nitrogen and oxygen atoms in total. The first-order valence-electron chi connectivity index (χ1n) is 6.96. The Kier molecular flexibility index (Phi) is 6.74. The topological polar surface area (TPSA) is 91.5 Å². The molecular weight excluding hydrogens is 276 g/mol. The molecule has 4 N–H and O–H groups in total. The number of aromatic nitrogens is 1. The summed E-state index contributed by atoms with van der Waals surface area (Å²) in [5, 5.41) is 12.4. The highest BCUT2D eigenvalue weighted by Crippen LogP contribution is 2.28. The highest BCUT2D eigenvalue weighted by Gasteiger charge is 2.19. The summed E-state index contributed by atoms with van der Waals surface area (Å²) < 4.78 is 0. The van der Waals surface area contributed by atoms with Crippen molar-refractivity contribution in [2.75, 3.05) is 30.3 Å². The van der Waals surface area contributed by atoms with E-state index in [-0.39, 0.29) is 24.4 Å². The Morgan fingerprint density at radius 3 is 2.70 bits per heavy atom. The summed E-state index contributed by atoms with van der Waals surface area (Å²) in [5.74, 6) is 0.0904. The summed E-state index contributed by atoms with van der Waals surface area (Å²) in [6.07, 6.45) is 1.41. The van der Waals surface area contributed by atoms with Gasteiger partial charge in [-0.05, 0) is 33.6 Å². The summed E-state index contributed by atoms with van der Waals surface area (Å²) in [6.45, 7) is 7.79. The second-order valence-corrected chi connectivity index (χ2v) is 5.60. The number of anilines is 2. The highest BCUT2D eigenvalue weighted by molar-refractivity contribution is 7.18. The van der Waals surface area contributed by atoms with E-state index in [0.717, 1.165) is 24.6 Å². The van der Waals surface area contributed by atoms with Crippen molar-refractivity contribution >= 4 is 28.2 Å². The zero-order valence-corrected chi connectivity index (χ0v) is 13.2. The van der Waals surface area contributed by atoms with Crippen molar-refractivity contribution in [2.24, 2.45) is 0 Å². The number of carbonyl (C=O) groups is 1. The van der Waals surface area contributed by atoms with Crippen molar-refractivity contribution in [2.45, 2.75) is 39.7 Å². The van der Waals surface area contributed by atoms with Crippen molar-refractivity contribution < 1.29 is 9.90 Å². The van der Waals surface area contributed by atoms with Crippen LogP contribution in [0.25, 0.3) is 0 Å². The van der Waals surface area contributed by atoms with Gasteiger partial charge < -0.3 is 21.1 Å². The number of amides is 1. The Labute approximate surface area is 124 Å². The van der Waals surface area contributed by atoms with E-state index in [0.29, 0.717) is 11.3 Å². The van der Waals surface area contributed by atoms with E-state index < -0.39 is 0 Å². The fourth-order valence-corrected chi connectivity index (χ4v) is 2.89. The average molecular weight is 300 g/mol. The molecule has 0 saturated carbocycles. The molecule has 1 atom stereocenters. The summed E-state index contributed by atoms with van der Waals surface area (Å²) in [4.78, 5) is 18.9. The minimum atomic E-state index is -0.191. The Hall–Kier alpha value is -1.34. The number of aliphatic hydroxyl groups excluding tert-OH is 1. The van der Waals surface area contributed by atoms with Gasteiger partial charge in [-0.2, -0.15) is 0 Å². The largest absolute Gasteiger partial charge is 0.396 e. The fourth-order valence-electron chi connectivity index (χ4n) is 1.87. The number of hydrogen-bond donors (Lipinski definition) is 3. The van der Waals surface area contributed by atoms with E-state index >= 15 is 0 Å². The van der Waals surface area contributed by atoms with Crippen LogP contribution in [0.3, 0.4) is 0 Å². The van der Waals surface area contributed by atoms with Crippen LogP contribution in [0.4, 0.5) is 10.9 Å². The molecule has 1 unspecified atom stereocenters. The first kappa shape index (κ1) is 16.7. The molecule has 0 saturated heterocycles. The number of carbonyl (C=O) groups excluding carboxylic acids is 1. The monoisotopic (exact) mass is 300 g/mol. The summed E-state index contributed by atoms with van der Waals surface area (Å²) >= 11 is 1.32. The lowest BCUT2D eigenvalue weighted by molar-refractivity contribution is 0.0941. The van der Waals surface area contributed by atoms with E-state index in [1.165, 1.54) is 11.3 Å². The van der Waals surface area contributed by atoms with Crippen LogP contribution in [0.1, 0.15) is 43.3 Å². The van der Waals surface area contributed by atoms with Gasteiger partial charge in [0.2, 0.25) is 0 Å². The third-order valence-electron chi connectivity index (χ3n) is 3.06. The van der Waals surface area contributed by atoms with E-state index in [2.05, 4.69) is 15.2 Å². The number of nitrogens with two attached hydrogens (primary N) is 1. The van der Waals surface area contributed by atoms with E-state index in [4.69, 9.17) is 10.8 Å². The van der Waals surface area contributed by atoms with Gasteiger partial charge in [0.15, 0.2) is 5.13 Å². The lowest BCUT2D eigenvalue weighted by Gasteiger charge is -2.16. The molecule has 0 spiro atoms. The number of nitrogen functional groups attached to an aromatic ring is 1. The Morgan fingerprint density at radius 1 is 1.50 bits per heavy atom. The zero-order valence-electron chi connectivity index (χ0n) is 12.3. The normalized spacial score (nSPS) is 12.2. The lowest BCUT2D eigenvalue weighted by atomic mass is 10.2. The first-order chi connectivity index (χ1) is 9.53. The summed E-state index contributed by atoms with van der Waals surface area (Å²) in [6, 6.07) is 0.00746. The van der Waals surface area contributed by atoms with Gasteiger partial charge >= 0.3 is 0 Å². The van der Waals surface area contributed by atoms with Crippen LogP contribution in [-0.4, -0.2) is 41.7 Å². The number of thiazole rings is 1. The SMILES string of the molecule is CCN(CC)c1nc(N)c(C(=O)NC(C)CCCO)s1. The fraction of sp³-hybridized carbons (Fsp3) is 0.692. The highest BCUT2D eigenvalue weighted by atomic mass is 32.1. The molecule has 0 aliphatic carbocycles. The van der Waals surface area contributed by atoms with Crippen molar-refractivity contribution in [3.05, 3.63) is 4.88 Å². The standard InChI is InChI=1S/C13H24N4O2S/c1-4-17(5-2)13-16-11(14)10(20-13)12(19)15-9(3)7-6-8-18/h9,18H,4-8,14H2,1-3H3,(H,15,19). The minimum Gasteiger partial charge on any atom is -0.396 e. The van der Waals surface area contributed by atoms with Gasteiger partial charge in [0.25, 0.3) is 5.91 Å². The third kappa shape index (κ3) is 4.35. The van der Waals surface area contributed by atoms with Crippen molar-refractivity contribution in [3.63, 3.8) is 0 Å². The van der Waals surface area contributed by atoms with Gasteiger partial charge in [0.05, 0.1) is 0 Å². The number of nitrogens with zero attached hydrogens (tertiary/aromatic N) is 2. The quantitative estimate of drug-likeness (QED) is 0.676. The molecule has 0 bridgehead atoms. The van der Waals surface area contributed by atoms with Crippen molar-refractivity contribution in [3.8, 4) is 0 Å². The van der Waals surface area contributed by atoms with E-state index in [1.807, 2.05) is 20.8 Å². The molecule has 0 aromatic carbocycles. The van der Waals surface area contributed by atoms with E-state index in [1.54, 1.807) is 0 Å². The zero-order chi connectivity index (χ0) is 15.1. The van der Waals surface area contributed by atoms with Gasteiger partial charge in [0, 0.05) is 25.7 Å². The molecule has 0 radical (unpaired) electrons. The maximum Gasteiger partial charge on any atom is 0.265 e. The molecule has 1 heterocycles. The van der Waals surface area contributed by atoms with Crippen LogP contribution < -0.4 is 16.0 Å². The van der Waals surface area contributed by atoms with E-state index in [9.17, 15) is 4.79 Å². The number of aliphatic hydroxyl groups is 1. The molecule has 0 fully saturated rings. The molecule has 0 aliphatic heterocycles. The minimum absolute atomic E-state index is 0.00746. The maximum absolute atomic E-state index is 12.1. The van der Waals surface area contributed by atoms with Gasteiger partial charge in [-0.1, -0.05) is 11.3 Å². The number of rotatable bonds is 8. The molecule has 20 heavy (non-hydrogen) atoms. The molecule has 7 heteroatoms. The molecule has 0 aliphatic rings. The lowest BCUT2D eigenvalue weighted by Crippen LogP contribution is -2.32. The predicted molar refractivity (Wildman–Crippen MR) is 83.3 cm³/mol. The van der Waals surface area contributed by atoms with Crippen LogP contribution in [-0.2, 0) is 0 Å². The van der Waals surface area contributed by atoms with Crippen LogP contribution >= 0.6 is 11.3 Å². The Morgan fingerprint density at radius 2 is 2.15 bits per heavy atom. The second kappa shape index (κ2) is 8.06. The van der Waals surface area contributed by atoms with Crippen LogP contribution in [0.15, 0.2) is 0 Å². The Bertz CT molecular complexity index is 432. The number of nitrogens with one attached hydrogen (secondary N) is 1. The van der Waals surface area contributed by atoms with Gasteiger partial charge in [-0.25, -0.2) is 4.98 Å². The smallest absolute Gasteiger partial charge is 0.265 e. The maximum atomic E-state index is 12.1. The van der Waals surface area contributed by atoms with Gasteiger partial charge in [-0.3, -0.25) is 4.79 Å². The first-order valence-corrected chi connectivity index (χ1v) is 7.78. The van der Waals surface area contributed by atoms with Gasteiger partial charge in [-0.15, -0.1) is 0 Å². The third-order valence-corrected chi connectivity index (χ3v) is 4.19. The molecule has 1 rings (SSSR count). The van der Waals surface area contributed by atoms with Crippen LogP contribution in [0, 0.1) is 0 Å². The number of hydrogen-bond acceptors (Lipinski definition) is 6. The van der Waals surface area contributed by atoms with Crippen molar-refractivity contribution in [1.29, 1.82) is 0 Å². The summed E-state index contributed by atoms with van der Waals surface area (Å²) in [5.41, 5.74) is 5.84. The van der Waals surface area contributed by atoms with Crippen molar-refractivity contribution in [1.82, 2.24) is 10.3 Å².